The molecule has 0 bridgehead atoms. The minimum atomic E-state index is 0.351. The van der Waals surface area contributed by atoms with E-state index in [1.165, 1.54) is 32.4 Å². The van der Waals surface area contributed by atoms with Gasteiger partial charge in [-0.1, -0.05) is 12.1 Å². The number of rotatable bonds is 5. The molecule has 0 aromatic heterocycles. The molecule has 0 spiro atoms. The molecule has 94 valence electrons. The Morgan fingerprint density at radius 3 is 2.94 bits per heavy atom. The van der Waals surface area contributed by atoms with Crippen LogP contribution in [-0.4, -0.2) is 35.6 Å². The largest absolute Gasteiger partial charge is 0.409 e. The molecule has 0 amide bonds. The second kappa shape index (κ2) is 7.49. The minimum Gasteiger partial charge on any atom is -0.409 e. The van der Waals surface area contributed by atoms with Crippen molar-refractivity contribution in [3.05, 3.63) is 0 Å². The van der Waals surface area contributed by atoms with Gasteiger partial charge in [0.05, 0.1) is 0 Å². The van der Waals surface area contributed by atoms with Gasteiger partial charge in [0.15, 0.2) is 0 Å². The van der Waals surface area contributed by atoms with E-state index in [4.69, 9.17) is 10.9 Å². The van der Waals surface area contributed by atoms with Gasteiger partial charge in [0.25, 0.3) is 0 Å². The minimum absolute atomic E-state index is 0.351. The van der Waals surface area contributed by atoms with Crippen molar-refractivity contribution in [2.75, 3.05) is 19.6 Å². The van der Waals surface area contributed by atoms with Crippen LogP contribution < -0.4 is 5.73 Å². The van der Waals surface area contributed by atoms with E-state index in [0.29, 0.717) is 12.3 Å². The fraction of sp³-hybridized carbons (Fsp3) is 0.917. The second-order valence-electron chi connectivity index (χ2n) is 4.93. The third-order valence-corrected chi connectivity index (χ3v) is 3.40. The van der Waals surface area contributed by atoms with E-state index in [1.54, 1.807) is 0 Å². The molecule has 0 aromatic carbocycles. The smallest absolute Gasteiger partial charge is 0.139 e. The first-order valence-corrected chi connectivity index (χ1v) is 6.41. The van der Waals surface area contributed by atoms with Crippen LogP contribution in [0.4, 0.5) is 0 Å². The van der Waals surface area contributed by atoms with Crippen molar-refractivity contribution in [1.82, 2.24) is 4.90 Å². The molecule has 4 nitrogen and oxygen atoms in total. The van der Waals surface area contributed by atoms with Crippen LogP contribution in [0.1, 0.15) is 45.4 Å². The number of nitrogens with zero attached hydrogens (tertiary/aromatic N) is 2. The molecule has 1 aliphatic rings. The average molecular weight is 227 g/mol. The van der Waals surface area contributed by atoms with E-state index >= 15 is 0 Å². The predicted molar refractivity (Wildman–Crippen MR) is 66.7 cm³/mol. The molecule has 1 aliphatic heterocycles. The lowest BCUT2D eigenvalue weighted by molar-refractivity contribution is 0.276. The average Bonchev–Trinajstić information content (AvgIpc) is 2.49. The molecule has 0 aliphatic carbocycles. The molecule has 1 heterocycles. The van der Waals surface area contributed by atoms with E-state index in [-0.39, 0.29) is 0 Å². The van der Waals surface area contributed by atoms with Gasteiger partial charge in [0.1, 0.15) is 5.84 Å². The van der Waals surface area contributed by atoms with Crippen LogP contribution in [0, 0.1) is 5.92 Å². The van der Waals surface area contributed by atoms with Crippen molar-refractivity contribution in [2.45, 2.75) is 45.4 Å². The number of amidine groups is 1. The van der Waals surface area contributed by atoms with Crippen LogP contribution >= 0.6 is 0 Å². The van der Waals surface area contributed by atoms with Crippen molar-refractivity contribution in [2.24, 2.45) is 16.8 Å². The molecule has 1 saturated heterocycles. The predicted octanol–water partition coefficient (Wildman–Crippen LogP) is 2.03. The quantitative estimate of drug-likeness (QED) is 0.248. The summed E-state index contributed by atoms with van der Waals surface area (Å²) in [6.07, 6.45) is 6.91. The summed E-state index contributed by atoms with van der Waals surface area (Å²) < 4.78 is 0. The third-order valence-electron chi connectivity index (χ3n) is 3.40. The number of hydrogen-bond donors (Lipinski definition) is 2. The van der Waals surface area contributed by atoms with Crippen molar-refractivity contribution in [1.29, 1.82) is 0 Å². The fourth-order valence-corrected chi connectivity index (χ4v) is 2.24. The Bertz CT molecular complexity index is 218. The maximum Gasteiger partial charge on any atom is 0.139 e. The highest BCUT2D eigenvalue weighted by atomic mass is 16.4. The van der Waals surface area contributed by atoms with Gasteiger partial charge in [-0.2, -0.15) is 0 Å². The Morgan fingerprint density at radius 1 is 1.38 bits per heavy atom. The van der Waals surface area contributed by atoms with Gasteiger partial charge in [0, 0.05) is 6.42 Å². The number of hydrogen-bond acceptors (Lipinski definition) is 3. The van der Waals surface area contributed by atoms with E-state index in [1.807, 2.05) is 0 Å². The number of unbranched alkanes of at least 4 members (excludes halogenated alkanes) is 1. The first-order chi connectivity index (χ1) is 7.72. The molecular formula is C12H25N3O. The zero-order valence-corrected chi connectivity index (χ0v) is 10.4. The molecule has 1 rings (SSSR count). The summed E-state index contributed by atoms with van der Waals surface area (Å²) in [5.41, 5.74) is 5.42. The fourth-order valence-electron chi connectivity index (χ4n) is 2.24. The van der Waals surface area contributed by atoms with Crippen LogP contribution in [-0.2, 0) is 0 Å². The van der Waals surface area contributed by atoms with Gasteiger partial charge in [-0.3, -0.25) is 0 Å². The molecule has 0 radical (unpaired) electrons. The Hall–Kier alpha value is -0.770. The highest BCUT2D eigenvalue weighted by Gasteiger charge is 2.12. The molecule has 16 heavy (non-hydrogen) atoms. The topological polar surface area (TPSA) is 61.8 Å². The van der Waals surface area contributed by atoms with Crippen molar-refractivity contribution in [3.8, 4) is 0 Å². The number of oxime groups is 1. The van der Waals surface area contributed by atoms with Gasteiger partial charge in [-0.05, 0) is 57.7 Å². The number of likely N-dealkylation sites (tertiary alicyclic amines) is 1. The van der Waals surface area contributed by atoms with Crippen LogP contribution in [0.3, 0.4) is 0 Å². The maximum absolute atomic E-state index is 8.40. The number of nitrogens with two attached hydrogens (primary N) is 1. The Labute approximate surface area is 98.5 Å². The Balaban J connectivity index is 2.08. The van der Waals surface area contributed by atoms with Gasteiger partial charge in [-0.25, -0.2) is 0 Å². The first kappa shape index (κ1) is 13.3. The van der Waals surface area contributed by atoms with Crippen LogP contribution in [0.2, 0.25) is 0 Å². The summed E-state index contributed by atoms with van der Waals surface area (Å²) >= 11 is 0. The monoisotopic (exact) mass is 227 g/mol. The van der Waals surface area contributed by atoms with E-state index in [2.05, 4.69) is 17.0 Å². The highest BCUT2D eigenvalue weighted by Crippen LogP contribution is 2.16. The standard InChI is InChI=1S/C12H25N3O/c1-11-5-4-9-15(10-7-11)8-3-2-6-12(13)14-16/h11,16H,2-10H2,1H3,(H2,13,14). The summed E-state index contributed by atoms with van der Waals surface area (Å²) in [5, 5.41) is 11.4. The molecule has 1 unspecified atom stereocenters. The maximum atomic E-state index is 8.40. The highest BCUT2D eigenvalue weighted by molar-refractivity contribution is 5.79. The van der Waals surface area contributed by atoms with Gasteiger partial charge < -0.3 is 15.8 Å². The lowest BCUT2D eigenvalue weighted by Crippen LogP contribution is -2.26. The van der Waals surface area contributed by atoms with Crippen molar-refractivity contribution < 1.29 is 5.21 Å². The molecule has 4 heteroatoms. The van der Waals surface area contributed by atoms with Crippen molar-refractivity contribution >= 4 is 5.84 Å². The van der Waals surface area contributed by atoms with E-state index < -0.39 is 0 Å². The first-order valence-electron chi connectivity index (χ1n) is 6.41. The lowest BCUT2D eigenvalue weighted by atomic mass is 10.0. The summed E-state index contributed by atoms with van der Waals surface area (Å²) in [5.74, 6) is 1.24. The normalized spacial score (nSPS) is 24.3. The van der Waals surface area contributed by atoms with Crippen LogP contribution in [0.15, 0.2) is 5.16 Å². The molecule has 1 atom stereocenters. The Morgan fingerprint density at radius 2 is 2.19 bits per heavy atom. The molecule has 1 fully saturated rings. The summed E-state index contributed by atoms with van der Waals surface area (Å²) in [4.78, 5) is 2.55. The van der Waals surface area contributed by atoms with Gasteiger partial charge >= 0.3 is 0 Å². The van der Waals surface area contributed by atoms with Crippen molar-refractivity contribution in [3.63, 3.8) is 0 Å². The van der Waals surface area contributed by atoms with Crippen LogP contribution in [0.25, 0.3) is 0 Å². The van der Waals surface area contributed by atoms with E-state index in [9.17, 15) is 0 Å². The SMILES string of the molecule is CC1CCCN(CCCCC(N)=NO)CC1. The summed E-state index contributed by atoms with van der Waals surface area (Å²) in [6.45, 7) is 5.99. The third kappa shape index (κ3) is 5.35. The van der Waals surface area contributed by atoms with Gasteiger partial charge in [0.2, 0.25) is 0 Å². The van der Waals surface area contributed by atoms with E-state index in [0.717, 1.165) is 25.3 Å². The second-order valence-corrected chi connectivity index (χ2v) is 4.93. The molecule has 0 aromatic rings. The molecule has 3 N–H and O–H groups in total. The zero-order valence-electron chi connectivity index (χ0n) is 10.4. The summed E-state index contributed by atoms with van der Waals surface area (Å²) in [7, 11) is 0. The lowest BCUT2D eigenvalue weighted by Gasteiger charge is -2.19. The van der Waals surface area contributed by atoms with Crippen LogP contribution in [0.5, 0.6) is 0 Å². The Kier molecular flexibility index (Phi) is 6.23. The molecule has 0 saturated carbocycles. The zero-order chi connectivity index (χ0) is 11.8. The molecular weight excluding hydrogens is 202 g/mol. The van der Waals surface area contributed by atoms with Gasteiger partial charge in [-0.15, -0.1) is 0 Å². The summed E-state index contributed by atoms with van der Waals surface area (Å²) in [6, 6.07) is 0.